The van der Waals surface area contributed by atoms with E-state index >= 15 is 0 Å². The van der Waals surface area contributed by atoms with Crippen LogP contribution >= 0.6 is 15.9 Å². The summed E-state index contributed by atoms with van der Waals surface area (Å²) >= 11 is 3.46. The molecule has 4 heteroatoms. The molecule has 1 saturated heterocycles. The molecule has 0 radical (unpaired) electrons. The predicted octanol–water partition coefficient (Wildman–Crippen LogP) is 2.19. The number of aryl methyl sites for hydroxylation is 1. The van der Waals surface area contributed by atoms with Crippen LogP contribution in [0, 0.1) is 6.92 Å². The van der Waals surface area contributed by atoms with Crippen molar-refractivity contribution in [1.82, 2.24) is 10.2 Å². The van der Waals surface area contributed by atoms with E-state index in [1.807, 2.05) is 37.1 Å². The summed E-state index contributed by atoms with van der Waals surface area (Å²) in [6.07, 6.45) is 1.04. The Morgan fingerprint density at radius 2 is 2.29 bits per heavy atom. The van der Waals surface area contributed by atoms with Gasteiger partial charge in [0.05, 0.1) is 0 Å². The fourth-order valence-electron chi connectivity index (χ4n) is 2.07. The Morgan fingerprint density at radius 1 is 1.53 bits per heavy atom. The fraction of sp³-hybridized carbons (Fsp3) is 0.462. The van der Waals surface area contributed by atoms with E-state index in [2.05, 4.69) is 21.2 Å². The van der Waals surface area contributed by atoms with Gasteiger partial charge >= 0.3 is 0 Å². The van der Waals surface area contributed by atoms with E-state index in [-0.39, 0.29) is 5.91 Å². The second-order valence-electron chi connectivity index (χ2n) is 4.53. The van der Waals surface area contributed by atoms with Crippen LogP contribution in [0.3, 0.4) is 0 Å². The highest BCUT2D eigenvalue weighted by Gasteiger charge is 2.24. The molecule has 0 bridgehead atoms. The number of rotatable bonds is 2. The molecule has 0 aromatic heterocycles. The molecule has 0 saturated carbocycles. The SMILES string of the molecule is Cc1ccc(C(=O)N(C)C2CCNC2)cc1Br. The summed E-state index contributed by atoms with van der Waals surface area (Å²) < 4.78 is 0.987. The Kier molecular flexibility index (Phi) is 3.84. The monoisotopic (exact) mass is 296 g/mol. The molecule has 1 heterocycles. The highest BCUT2D eigenvalue weighted by atomic mass is 79.9. The number of halogens is 1. The maximum absolute atomic E-state index is 12.3. The first kappa shape index (κ1) is 12.6. The van der Waals surface area contributed by atoms with Gasteiger partial charge in [-0.2, -0.15) is 0 Å². The molecule has 1 aromatic carbocycles. The number of hydrogen-bond acceptors (Lipinski definition) is 2. The van der Waals surface area contributed by atoms with Crippen LogP contribution in [0.25, 0.3) is 0 Å². The number of carbonyl (C=O) groups excluding carboxylic acids is 1. The Balaban J connectivity index is 2.15. The van der Waals surface area contributed by atoms with Crippen LogP contribution in [0.4, 0.5) is 0 Å². The first-order valence-electron chi connectivity index (χ1n) is 5.83. The first-order valence-corrected chi connectivity index (χ1v) is 6.63. The normalized spacial score (nSPS) is 19.4. The zero-order chi connectivity index (χ0) is 12.4. The molecule has 0 aliphatic carbocycles. The molecule has 1 aliphatic rings. The second-order valence-corrected chi connectivity index (χ2v) is 5.38. The van der Waals surface area contributed by atoms with E-state index in [1.165, 1.54) is 0 Å². The van der Waals surface area contributed by atoms with E-state index in [9.17, 15) is 4.79 Å². The van der Waals surface area contributed by atoms with Crippen LogP contribution in [0.15, 0.2) is 22.7 Å². The number of nitrogens with zero attached hydrogens (tertiary/aromatic N) is 1. The highest BCUT2D eigenvalue weighted by molar-refractivity contribution is 9.10. The molecule has 0 spiro atoms. The summed E-state index contributed by atoms with van der Waals surface area (Å²) in [6.45, 7) is 3.91. The minimum absolute atomic E-state index is 0.0967. The fourth-order valence-corrected chi connectivity index (χ4v) is 2.44. The molecular weight excluding hydrogens is 280 g/mol. The average molecular weight is 297 g/mol. The van der Waals surface area contributed by atoms with Crippen molar-refractivity contribution in [3.05, 3.63) is 33.8 Å². The van der Waals surface area contributed by atoms with Gasteiger partial charge in [0.25, 0.3) is 5.91 Å². The molecule has 1 aliphatic heterocycles. The lowest BCUT2D eigenvalue weighted by atomic mass is 10.1. The Bertz CT molecular complexity index is 427. The number of hydrogen-bond donors (Lipinski definition) is 1. The molecular formula is C13H17BrN2O. The van der Waals surface area contributed by atoms with E-state index in [0.29, 0.717) is 6.04 Å². The zero-order valence-corrected chi connectivity index (χ0v) is 11.8. The molecule has 1 unspecified atom stereocenters. The smallest absolute Gasteiger partial charge is 0.253 e. The van der Waals surface area contributed by atoms with Gasteiger partial charge in [0.1, 0.15) is 0 Å². The minimum atomic E-state index is 0.0967. The Labute approximate surface area is 110 Å². The third-order valence-corrected chi connectivity index (χ3v) is 4.18. The summed E-state index contributed by atoms with van der Waals surface area (Å²) in [5.41, 5.74) is 1.89. The van der Waals surface area contributed by atoms with Gasteiger partial charge in [-0.3, -0.25) is 4.79 Å². The topological polar surface area (TPSA) is 32.3 Å². The molecule has 1 amide bonds. The number of benzene rings is 1. The molecule has 2 rings (SSSR count). The number of amides is 1. The standard InChI is InChI=1S/C13H17BrN2O/c1-9-3-4-10(7-12(9)14)13(17)16(2)11-5-6-15-8-11/h3-4,7,11,15H,5-6,8H2,1-2H3. The molecule has 1 fully saturated rings. The summed E-state index contributed by atoms with van der Waals surface area (Å²) in [4.78, 5) is 14.1. The maximum Gasteiger partial charge on any atom is 0.253 e. The quantitative estimate of drug-likeness (QED) is 0.907. The second kappa shape index (κ2) is 5.19. The van der Waals surface area contributed by atoms with E-state index in [4.69, 9.17) is 0 Å². The van der Waals surface area contributed by atoms with Crippen molar-refractivity contribution in [1.29, 1.82) is 0 Å². The van der Waals surface area contributed by atoms with E-state index in [0.717, 1.165) is 35.1 Å². The van der Waals surface area contributed by atoms with Gasteiger partial charge in [-0.05, 0) is 37.6 Å². The third kappa shape index (κ3) is 2.69. The zero-order valence-electron chi connectivity index (χ0n) is 10.2. The number of carbonyl (C=O) groups is 1. The largest absolute Gasteiger partial charge is 0.337 e. The lowest BCUT2D eigenvalue weighted by Gasteiger charge is -2.24. The van der Waals surface area contributed by atoms with Crippen molar-refractivity contribution in [2.24, 2.45) is 0 Å². The maximum atomic E-state index is 12.3. The summed E-state index contributed by atoms with van der Waals surface area (Å²) in [7, 11) is 1.88. The van der Waals surface area contributed by atoms with Gasteiger partial charge in [-0.15, -0.1) is 0 Å². The van der Waals surface area contributed by atoms with Gasteiger partial charge in [0.2, 0.25) is 0 Å². The van der Waals surface area contributed by atoms with E-state index in [1.54, 1.807) is 0 Å². The number of nitrogens with one attached hydrogen (secondary N) is 1. The highest BCUT2D eigenvalue weighted by Crippen LogP contribution is 2.19. The molecule has 1 atom stereocenters. The van der Waals surface area contributed by atoms with Crippen molar-refractivity contribution >= 4 is 21.8 Å². The van der Waals surface area contributed by atoms with E-state index < -0.39 is 0 Å². The molecule has 1 N–H and O–H groups in total. The van der Waals surface area contributed by atoms with Gasteiger partial charge < -0.3 is 10.2 Å². The molecule has 1 aromatic rings. The first-order chi connectivity index (χ1) is 8.09. The van der Waals surface area contributed by atoms with Crippen molar-refractivity contribution in [3.63, 3.8) is 0 Å². The van der Waals surface area contributed by atoms with Gasteiger partial charge in [0.15, 0.2) is 0 Å². The average Bonchev–Trinajstić information content (AvgIpc) is 2.84. The van der Waals surface area contributed by atoms with Crippen molar-refractivity contribution in [2.75, 3.05) is 20.1 Å². The summed E-state index contributed by atoms with van der Waals surface area (Å²) in [5.74, 6) is 0.0967. The van der Waals surface area contributed by atoms with Crippen LogP contribution in [0.1, 0.15) is 22.3 Å². The van der Waals surface area contributed by atoms with Crippen LogP contribution in [-0.2, 0) is 0 Å². The van der Waals surface area contributed by atoms with Crippen molar-refractivity contribution in [3.8, 4) is 0 Å². The van der Waals surface area contributed by atoms with Crippen LogP contribution < -0.4 is 5.32 Å². The Morgan fingerprint density at radius 3 is 2.88 bits per heavy atom. The van der Waals surface area contributed by atoms with Crippen LogP contribution in [-0.4, -0.2) is 37.0 Å². The summed E-state index contributed by atoms with van der Waals surface area (Å²) in [5, 5.41) is 3.28. The van der Waals surface area contributed by atoms with Crippen molar-refractivity contribution in [2.45, 2.75) is 19.4 Å². The minimum Gasteiger partial charge on any atom is -0.337 e. The van der Waals surface area contributed by atoms with Crippen molar-refractivity contribution < 1.29 is 4.79 Å². The third-order valence-electron chi connectivity index (χ3n) is 3.32. The molecule has 92 valence electrons. The van der Waals surface area contributed by atoms with Gasteiger partial charge in [-0.25, -0.2) is 0 Å². The number of likely N-dealkylation sites (N-methyl/N-ethyl adjacent to an activating group) is 1. The predicted molar refractivity (Wildman–Crippen MR) is 72.2 cm³/mol. The summed E-state index contributed by atoms with van der Waals surface area (Å²) in [6, 6.07) is 6.08. The molecule has 17 heavy (non-hydrogen) atoms. The van der Waals surface area contributed by atoms with Crippen LogP contribution in [0.2, 0.25) is 0 Å². The lowest BCUT2D eigenvalue weighted by Crippen LogP contribution is -2.38. The Hall–Kier alpha value is -0.870. The van der Waals surface area contributed by atoms with Gasteiger partial charge in [0, 0.05) is 29.7 Å². The molecule has 3 nitrogen and oxygen atoms in total. The van der Waals surface area contributed by atoms with Gasteiger partial charge in [-0.1, -0.05) is 22.0 Å². The van der Waals surface area contributed by atoms with Crippen LogP contribution in [0.5, 0.6) is 0 Å². The lowest BCUT2D eigenvalue weighted by molar-refractivity contribution is 0.0743.